The number of allylic oxidation sites excluding steroid dienone is 1. The van der Waals surface area contributed by atoms with Gasteiger partial charge in [0.1, 0.15) is 0 Å². The molecule has 0 aromatic heterocycles. The number of hydrogen-bond donors (Lipinski definition) is 2. The molecule has 0 amide bonds. The normalized spacial score (nSPS) is 35.8. The van der Waals surface area contributed by atoms with E-state index in [0.717, 1.165) is 25.4 Å². The van der Waals surface area contributed by atoms with E-state index in [4.69, 9.17) is 5.73 Å². The Kier molecular flexibility index (Phi) is 3.60. The van der Waals surface area contributed by atoms with Gasteiger partial charge in [-0.2, -0.15) is 0 Å². The van der Waals surface area contributed by atoms with Crippen LogP contribution >= 0.6 is 0 Å². The lowest BCUT2D eigenvalue weighted by molar-refractivity contribution is 0.442. The quantitative estimate of drug-likeness (QED) is 0.550. The summed E-state index contributed by atoms with van der Waals surface area (Å²) in [6, 6.07) is 0.494. The summed E-state index contributed by atoms with van der Waals surface area (Å²) in [5, 5.41) is 3.44. The molecule has 0 aromatic carbocycles. The Morgan fingerprint density at radius 2 is 2.18 bits per heavy atom. The van der Waals surface area contributed by atoms with Gasteiger partial charge < -0.3 is 11.1 Å². The lowest BCUT2D eigenvalue weighted by Crippen LogP contribution is -2.38. The van der Waals surface area contributed by atoms with Crippen LogP contribution in [0.25, 0.3) is 0 Å². The summed E-state index contributed by atoms with van der Waals surface area (Å²) < 4.78 is 0. The first-order valence-electron chi connectivity index (χ1n) is 4.41. The number of nitrogens with one attached hydrogen (secondary N) is 1. The van der Waals surface area contributed by atoms with E-state index in [-0.39, 0.29) is 0 Å². The average molecular weight is 154 g/mol. The molecule has 11 heavy (non-hydrogen) atoms. The molecule has 2 heteroatoms. The lowest BCUT2D eigenvalue weighted by Gasteiger charge is -2.20. The molecule has 0 unspecified atom stereocenters. The number of nitrogens with two attached hydrogens (primary N) is 1. The highest BCUT2D eigenvalue weighted by Crippen LogP contribution is 2.06. The molecule has 0 radical (unpaired) electrons. The van der Waals surface area contributed by atoms with Crippen molar-refractivity contribution in [2.75, 3.05) is 13.1 Å². The first kappa shape index (κ1) is 8.75. The third-order valence-corrected chi connectivity index (χ3v) is 2.17. The van der Waals surface area contributed by atoms with Crippen LogP contribution in [0.4, 0.5) is 0 Å². The largest absolute Gasteiger partial charge is 0.329 e. The highest BCUT2D eigenvalue weighted by Gasteiger charge is 2.08. The van der Waals surface area contributed by atoms with Crippen molar-refractivity contribution in [3.8, 4) is 0 Å². The van der Waals surface area contributed by atoms with Crippen molar-refractivity contribution < 1.29 is 0 Å². The molecule has 0 fully saturated rings. The molecule has 1 aliphatic heterocycles. The molecule has 0 aromatic rings. The molecule has 1 aliphatic rings. The van der Waals surface area contributed by atoms with E-state index in [1.807, 2.05) is 0 Å². The monoisotopic (exact) mass is 154 g/mol. The van der Waals surface area contributed by atoms with Crippen molar-refractivity contribution in [3.05, 3.63) is 12.2 Å². The van der Waals surface area contributed by atoms with Gasteiger partial charge in [0.25, 0.3) is 0 Å². The fraction of sp³-hybridized carbons (Fsp3) is 0.778. The zero-order chi connectivity index (χ0) is 8.10. The second-order valence-corrected chi connectivity index (χ2v) is 3.39. The zero-order valence-electron chi connectivity index (χ0n) is 7.22. The van der Waals surface area contributed by atoms with Gasteiger partial charge in [0.05, 0.1) is 0 Å². The first-order valence-corrected chi connectivity index (χ1v) is 4.41. The fourth-order valence-corrected chi connectivity index (χ4v) is 1.30. The second-order valence-electron chi connectivity index (χ2n) is 3.39. The van der Waals surface area contributed by atoms with Crippen LogP contribution in [0.5, 0.6) is 0 Å². The molecular formula is C9H18N2. The minimum atomic E-state index is 0.494. The molecule has 64 valence electrons. The van der Waals surface area contributed by atoms with Gasteiger partial charge in [-0.05, 0) is 25.3 Å². The van der Waals surface area contributed by atoms with Gasteiger partial charge in [-0.3, -0.25) is 0 Å². The predicted molar refractivity (Wildman–Crippen MR) is 48.4 cm³/mol. The first-order chi connectivity index (χ1) is 5.33. The standard InChI is InChI=1S/C9H18N2/c1-8-4-2-3-5-9(6-10)11-7-8/h2-3,8-9,11H,4-7,10H2,1H3/b3-2-/t8-,9-/m1/s1. The molecular weight excluding hydrogens is 136 g/mol. The molecule has 0 saturated heterocycles. The van der Waals surface area contributed by atoms with Gasteiger partial charge in [0.15, 0.2) is 0 Å². The summed E-state index contributed by atoms with van der Waals surface area (Å²) in [4.78, 5) is 0. The summed E-state index contributed by atoms with van der Waals surface area (Å²) >= 11 is 0. The zero-order valence-corrected chi connectivity index (χ0v) is 7.22. The van der Waals surface area contributed by atoms with Crippen LogP contribution in [-0.4, -0.2) is 19.1 Å². The van der Waals surface area contributed by atoms with Gasteiger partial charge in [-0.15, -0.1) is 0 Å². The van der Waals surface area contributed by atoms with E-state index in [2.05, 4.69) is 24.4 Å². The van der Waals surface area contributed by atoms with Gasteiger partial charge in [-0.25, -0.2) is 0 Å². The highest BCUT2D eigenvalue weighted by molar-refractivity contribution is 4.90. The smallest absolute Gasteiger partial charge is 0.0224 e. The third-order valence-electron chi connectivity index (χ3n) is 2.17. The molecule has 2 atom stereocenters. The summed E-state index contributed by atoms with van der Waals surface area (Å²) in [6.45, 7) is 4.11. The Balaban J connectivity index is 2.38. The third kappa shape index (κ3) is 3.04. The lowest BCUT2D eigenvalue weighted by atomic mass is 10.0. The topological polar surface area (TPSA) is 38.0 Å². The van der Waals surface area contributed by atoms with Crippen LogP contribution in [0.2, 0.25) is 0 Å². The van der Waals surface area contributed by atoms with E-state index >= 15 is 0 Å². The molecule has 0 aliphatic carbocycles. The molecule has 1 rings (SSSR count). The SMILES string of the molecule is C[C@@H]1C/C=C\C[C@H](CN)NC1. The fourth-order valence-electron chi connectivity index (χ4n) is 1.30. The van der Waals surface area contributed by atoms with E-state index in [1.165, 1.54) is 6.42 Å². The predicted octanol–water partition coefficient (Wildman–Crippen LogP) is 0.889. The summed E-state index contributed by atoms with van der Waals surface area (Å²) in [7, 11) is 0. The van der Waals surface area contributed by atoms with Crippen LogP contribution in [0.3, 0.4) is 0 Å². The van der Waals surface area contributed by atoms with Crippen molar-refractivity contribution in [1.29, 1.82) is 0 Å². The molecule has 0 saturated carbocycles. The Morgan fingerprint density at radius 1 is 1.45 bits per heavy atom. The van der Waals surface area contributed by atoms with Crippen molar-refractivity contribution in [3.63, 3.8) is 0 Å². The van der Waals surface area contributed by atoms with Gasteiger partial charge in [-0.1, -0.05) is 19.1 Å². The number of hydrogen-bond acceptors (Lipinski definition) is 2. The minimum Gasteiger partial charge on any atom is -0.329 e. The molecule has 2 nitrogen and oxygen atoms in total. The highest BCUT2D eigenvalue weighted by atomic mass is 14.9. The van der Waals surface area contributed by atoms with Crippen LogP contribution in [0, 0.1) is 5.92 Å². The Hall–Kier alpha value is -0.340. The maximum absolute atomic E-state index is 5.57. The number of rotatable bonds is 1. The van der Waals surface area contributed by atoms with E-state index in [0.29, 0.717) is 6.04 Å². The van der Waals surface area contributed by atoms with Gasteiger partial charge in [0, 0.05) is 12.6 Å². The van der Waals surface area contributed by atoms with Crippen molar-refractivity contribution in [2.45, 2.75) is 25.8 Å². The van der Waals surface area contributed by atoms with E-state index in [1.54, 1.807) is 0 Å². The maximum Gasteiger partial charge on any atom is 0.0224 e. The summed E-state index contributed by atoms with van der Waals surface area (Å²) in [5.74, 6) is 0.751. The van der Waals surface area contributed by atoms with Crippen LogP contribution < -0.4 is 11.1 Å². The molecule has 0 bridgehead atoms. The van der Waals surface area contributed by atoms with Crippen LogP contribution in [0.15, 0.2) is 12.2 Å². The summed E-state index contributed by atoms with van der Waals surface area (Å²) in [6.07, 6.45) is 6.79. The van der Waals surface area contributed by atoms with Crippen molar-refractivity contribution in [1.82, 2.24) is 5.32 Å². The second kappa shape index (κ2) is 4.52. The van der Waals surface area contributed by atoms with Gasteiger partial charge in [0.2, 0.25) is 0 Å². The summed E-state index contributed by atoms with van der Waals surface area (Å²) in [5.41, 5.74) is 5.57. The molecule has 0 spiro atoms. The minimum absolute atomic E-state index is 0.494. The van der Waals surface area contributed by atoms with Crippen LogP contribution in [0.1, 0.15) is 19.8 Å². The van der Waals surface area contributed by atoms with Crippen molar-refractivity contribution in [2.24, 2.45) is 11.7 Å². The average Bonchev–Trinajstić information content (AvgIpc) is 1.98. The Labute approximate surface area is 68.9 Å². The maximum atomic E-state index is 5.57. The molecule has 3 N–H and O–H groups in total. The van der Waals surface area contributed by atoms with E-state index < -0.39 is 0 Å². The van der Waals surface area contributed by atoms with E-state index in [9.17, 15) is 0 Å². The molecule has 1 heterocycles. The van der Waals surface area contributed by atoms with Gasteiger partial charge >= 0.3 is 0 Å². The van der Waals surface area contributed by atoms with Crippen LogP contribution in [-0.2, 0) is 0 Å². The Bertz CT molecular complexity index is 132. The Morgan fingerprint density at radius 3 is 2.91 bits per heavy atom. The van der Waals surface area contributed by atoms with Crippen molar-refractivity contribution >= 4 is 0 Å².